The molecule has 0 amide bonds. The zero-order chi connectivity index (χ0) is 69.7. The van der Waals surface area contributed by atoms with Crippen molar-refractivity contribution >= 4 is 6.08 Å². The molecule has 0 atom stereocenters. The maximum atomic E-state index is 5.30. The van der Waals surface area contributed by atoms with Crippen LogP contribution in [0.2, 0.25) is 0 Å². The number of hydrogen-bond donors (Lipinski definition) is 0. The number of allylic oxidation sites excluding steroid dienone is 1. The van der Waals surface area contributed by atoms with Gasteiger partial charge in [0.15, 0.2) is 23.0 Å². The van der Waals surface area contributed by atoms with E-state index in [2.05, 4.69) is 217 Å². The van der Waals surface area contributed by atoms with Gasteiger partial charge in [0.2, 0.25) is 6.79 Å². The van der Waals surface area contributed by atoms with Gasteiger partial charge < -0.3 is 23.5 Å². The Balaban J connectivity index is -0.000000104. The molecule has 6 aliphatic rings. The fraction of sp³-hybridized carbons (Fsp3) is 0.602. The Morgan fingerprint density at radius 3 is 0.863 bits per heavy atom. The molecule has 7 heteroatoms. The maximum Gasteiger partial charge on any atom is 0.231 e. The molecular formula is C88H163N3O4. The van der Waals surface area contributed by atoms with Crippen molar-refractivity contribution in [3.63, 3.8) is 0 Å². The summed E-state index contributed by atoms with van der Waals surface area (Å²) in [6.45, 7) is 66.1. The zero-order valence-corrected chi connectivity index (χ0v) is 64.0. The van der Waals surface area contributed by atoms with Crippen LogP contribution in [-0.4, -0.2) is 40.5 Å². The van der Waals surface area contributed by atoms with E-state index in [1.165, 1.54) is 49.7 Å². The predicted octanol–water partition coefficient (Wildman–Crippen LogP) is 28.6. The monoisotopic (exact) mass is 1330 g/mol. The van der Waals surface area contributed by atoms with Crippen LogP contribution in [0.25, 0.3) is 6.08 Å². The van der Waals surface area contributed by atoms with Crippen molar-refractivity contribution in [2.75, 3.05) is 20.0 Å². The summed E-state index contributed by atoms with van der Waals surface area (Å²) in [5.74, 6) is 8.65. The van der Waals surface area contributed by atoms with Crippen LogP contribution < -0.4 is 18.9 Å². The van der Waals surface area contributed by atoms with Crippen LogP contribution >= 0.6 is 0 Å². The fourth-order valence-corrected chi connectivity index (χ4v) is 7.66. The van der Waals surface area contributed by atoms with Crippen molar-refractivity contribution in [2.24, 2.45) is 29.6 Å². The highest BCUT2D eigenvalue weighted by Crippen LogP contribution is 2.31. The van der Waals surface area contributed by atoms with Crippen molar-refractivity contribution in [1.29, 1.82) is 0 Å². The predicted molar refractivity (Wildman–Crippen MR) is 438 cm³/mol. The molecule has 0 radical (unpaired) electrons. The van der Waals surface area contributed by atoms with Crippen molar-refractivity contribution in [1.82, 2.24) is 14.5 Å². The lowest BCUT2D eigenvalue weighted by molar-refractivity contribution is 0.171. The standard InChI is InChI=1S/C11H15N.2C9H10.C8H8O2.C7H8N2.C7H6O2.5C4H10.6C2H6.5CH4/c1-9(2)12-7-10-5-3-4-6-11(10)8-12;2*1-2-5-9-7-3-6-8(9)4-1;1-2-4-8-7(3-1)9-5-6-10-8;1-2-5-9-6-4-8-7(9)3-1;1-2-4-7-6(3-1)8-5-9-7;5*1-4(2)3;6*1-2;;;;;/h3-6,9H,7-8H2,1-2H3;2*1-2,4-5H,3,6-7H2;1-4H,5-6H2;1,3-4,6H,2,5H2;1-4H,5H2;5*4H,1-3H3;6*1-2H3;5*1H4. The minimum atomic E-state index is 0. The van der Waals surface area contributed by atoms with Crippen molar-refractivity contribution in [3.8, 4) is 23.0 Å². The number of hydrogen-bond acceptors (Lipinski definition) is 6. The lowest BCUT2D eigenvalue weighted by Gasteiger charge is -2.18. The topological polar surface area (TPSA) is 58.0 Å². The molecule has 6 aromatic rings. The molecule has 95 heavy (non-hydrogen) atoms. The molecule has 0 unspecified atom stereocenters. The molecule has 5 heterocycles. The highest BCUT2D eigenvalue weighted by atomic mass is 16.7. The van der Waals surface area contributed by atoms with Gasteiger partial charge in [-0.3, -0.25) is 4.90 Å². The summed E-state index contributed by atoms with van der Waals surface area (Å²) in [5, 5.41) is 0. The van der Waals surface area contributed by atoms with E-state index in [9.17, 15) is 0 Å². The molecule has 12 rings (SSSR count). The van der Waals surface area contributed by atoms with Crippen molar-refractivity contribution in [3.05, 3.63) is 179 Å². The van der Waals surface area contributed by atoms with Crippen LogP contribution in [0.5, 0.6) is 23.0 Å². The minimum absolute atomic E-state index is 0. The molecule has 0 spiro atoms. The Morgan fingerprint density at radius 2 is 0.600 bits per heavy atom. The number of aromatic nitrogens is 2. The van der Waals surface area contributed by atoms with E-state index >= 15 is 0 Å². The van der Waals surface area contributed by atoms with Gasteiger partial charge in [0.1, 0.15) is 19.0 Å². The highest BCUT2D eigenvalue weighted by Gasteiger charge is 2.19. The molecule has 0 N–H and O–H groups in total. The Labute approximate surface area is 596 Å². The Kier molecular flexibility index (Phi) is 89.9. The van der Waals surface area contributed by atoms with Crippen LogP contribution in [0.15, 0.2) is 140 Å². The summed E-state index contributed by atoms with van der Waals surface area (Å²) < 4.78 is 22.9. The molecular weight excluding hydrogens is 1160 g/mol. The molecule has 5 aromatic carbocycles. The van der Waals surface area contributed by atoms with E-state index in [4.69, 9.17) is 18.9 Å². The fourth-order valence-electron chi connectivity index (χ4n) is 7.66. The maximum absolute atomic E-state index is 5.30. The first-order chi connectivity index (χ1) is 43.3. The van der Waals surface area contributed by atoms with E-state index in [1.807, 2.05) is 144 Å². The molecule has 0 saturated carbocycles. The van der Waals surface area contributed by atoms with Crippen molar-refractivity contribution in [2.45, 2.75) is 309 Å². The molecule has 0 fully saturated rings. The smallest absolute Gasteiger partial charge is 0.231 e. The first-order valence-corrected chi connectivity index (χ1v) is 35.6. The summed E-state index contributed by atoms with van der Waals surface area (Å²) in [6, 6.07) is 42.2. The van der Waals surface area contributed by atoms with Gasteiger partial charge in [-0.15, -0.1) is 0 Å². The van der Waals surface area contributed by atoms with Gasteiger partial charge in [-0.05, 0) is 152 Å². The second-order valence-corrected chi connectivity index (χ2v) is 23.8. The largest absolute Gasteiger partial charge is 0.486 e. The molecule has 0 saturated heterocycles. The van der Waals surface area contributed by atoms with E-state index in [0.29, 0.717) is 26.0 Å². The third kappa shape index (κ3) is 61.5. The zero-order valence-electron chi connectivity index (χ0n) is 64.0. The number of nitrogens with zero attached hydrogens (tertiary/aromatic N) is 3. The van der Waals surface area contributed by atoms with Crippen molar-refractivity contribution < 1.29 is 18.9 Å². The number of benzene rings is 5. The summed E-state index contributed by atoms with van der Waals surface area (Å²) in [7, 11) is 0. The van der Waals surface area contributed by atoms with Gasteiger partial charge in [-0.1, -0.05) is 327 Å². The first kappa shape index (κ1) is 111. The van der Waals surface area contributed by atoms with E-state index < -0.39 is 0 Å². The molecule has 2 aliphatic carbocycles. The van der Waals surface area contributed by atoms with Gasteiger partial charge in [0, 0.05) is 38.1 Å². The van der Waals surface area contributed by atoms with Gasteiger partial charge in [0.25, 0.3) is 0 Å². The van der Waals surface area contributed by atoms with E-state index in [0.717, 1.165) is 84.5 Å². The van der Waals surface area contributed by atoms with Crippen LogP contribution in [0, 0.1) is 29.6 Å². The van der Waals surface area contributed by atoms with Gasteiger partial charge in [-0.25, -0.2) is 4.98 Å². The molecule has 1 aromatic heterocycles. The summed E-state index contributed by atoms with van der Waals surface area (Å²) in [6.07, 6.45) is 17.1. The quantitative estimate of drug-likeness (QED) is 0.164. The minimum Gasteiger partial charge on any atom is -0.486 e. The number of aryl methyl sites for hydroxylation is 5. The molecule has 0 bridgehead atoms. The Morgan fingerprint density at radius 1 is 0.347 bits per heavy atom. The number of imidazole rings is 1. The number of fused-ring (bicyclic) bond motifs is 6. The van der Waals surface area contributed by atoms with Gasteiger partial charge in [-0.2, -0.15) is 0 Å². The van der Waals surface area contributed by atoms with Gasteiger partial charge >= 0.3 is 0 Å². The number of rotatable bonds is 1. The first-order valence-electron chi connectivity index (χ1n) is 35.6. The normalized spacial score (nSPS) is 11.7. The second kappa shape index (κ2) is 77.2. The third-order valence-electron chi connectivity index (χ3n) is 10.9. The molecule has 4 aliphatic heterocycles. The highest BCUT2D eigenvalue weighted by molar-refractivity contribution is 5.42. The SMILES string of the molecule is C.C.C.C.C.C1=Cc2nccn2CC1.CC.CC.CC.CC.CC.CC.CC(C)C.CC(C)C.CC(C)C.CC(C)C.CC(C)C.CC(C)N1Cc2ccccc2C1.c1ccc2c(c1)CCC2.c1ccc2c(c1)CCC2.c1ccc2c(c1)OCCO2.c1ccc2c(c1)OCO2. The lowest BCUT2D eigenvalue weighted by atomic mass is 10.1. The van der Waals surface area contributed by atoms with E-state index in [1.54, 1.807) is 22.3 Å². The summed E-state index contributed by atoms with van der Waals surface area (Å²) in [4.78, 5) is 6.62. The summed E-state index contributed by atoms with van der Waals surface area (Å²) in [5.41, 5.74) is 9.28. The average molecular weight is 1330 g/mol. The van der Waals surface area contributed by atoms with Crippen LogP contribution in [-0.2, 0) is 45.3 Å². The van der Waals surface area contributed by atoms with Gasteiger partial charge in [0.05, 0.1) is 0 Å². The Bertz CT molecular complexity index is 2180. The summed E-state index contributed by atoms with van der Waals surface area (Å²) >= 11 is 0. The third-order valence-corrected chi connectivity index (χ3v) is 10.9. The van der Waals surface area contributed by atoms with Crippen LogP contribution in [0.3, 0.4) is 0 Å². The lowest BCUT2D eigenvalue weighted by Crippen LogP contribution is -2.24. The average Bonchev–Trinajstić information content (AvgIpc) is 1.78. The number of ether oxygens (including phenoxy) is 4. The molecule has 7 nitrogen and oxygen atoms in total. The van der Waals surface area contributed by atoms with Crippen LogP contribution in [0.4, 0.5) is 0 Å². The second-order valence-electron chi connectivity index (χ2n) is 23.8. The molecule has 554 valence electrons. The van der Waals surface area contributed by atoms with Crippen LogP contribution in [0.1, 0.15) is 296 Å². The Hall–Kier alpha value is -5.79. The number of para-hydroxylation sites is 4. The van der Waals surface area contributed by atoms with E-state index in [-0.39, 0.29) is 37.1 Å².